The molecule has 9 nitrogen and oxygen atoms in total. The SMILES string of the molecule is CC/C=C\C/C=C\C/C=C\C/C=C\C/C=C\C/C=C\C/C=C\C/C=C\C/C=C\C/C=C\CCCCCCCCC(=O)OC(COC(=O)CCCCCCCCCC/C=C\C/C=C\C/C=C\CCCCCCC)COC(OCC[N+](C)(C)C)C(=O)[O-]. The number of quaternary nitrogens is 1. The van der Waals surface area contributed by atoms with Crippen molar-refractivity contribution in [3.05, 3.63) is 158 Å². The van der Waals surface area contributed by atoms with Gasteiger partial charge in [-0.25, -0.2) is 0 Å². The van der Waals surface area contributed by atoms with Gasteiger partial charge in [-0.2, -0.15) is 0 Å². The number of aliphatic carboxylic acids is 1. The van der Waals surface area contributed by atoms with E-state index >= 15 is 0 Å². The highest BCUT2D eigenvalue weighted by atomic mass is 16.7. The van der Waals surface area contributed by atoms with Crippen LogP contribution in [0.25, 0.3) is 0 Å². The summed E-state index contributed by atoms with van der Waals surface area (Å²) in [6.45, 7) is 4.58. The quantitative estimate of drug-likeness (QED) is 0.0195. The van der Waals surface area contributed by atoms with Gasteiger partial charge < -0.3 is 33.3 Å². The maximum absolute atomic E-state index is 12.9. The van der Waals surface area contributed by atoms with Crippen molar-refractivity contribution in [1.82, 2.24) is 0 Å². The molecule has 0 rings (SSSR count). The molecule has 0 saturated carbocycles. The molecule has 0 aromatic carbocycles. The molecule has 0 bridgehead atoms. The molecule has 0 radical (unpaired) electrons. The highest BCUT2D eigenvalue weighted by Crippen LogP contribution is 2.14. The van der Waals surface area contributed by atoms with Crippen LogP contribution in [-0.4, -0.2) is 82.3 Å². The highest BCUT2D eigenvalue weighted by Gasteiger charge is 2.22. The number of esters is 2. The Kier molecular flexibility index (Phi) is 61.0. The van der Waals surface area contributed by atoms with Crippen molar-refractivity contribution in [1.29, 1.82) is 0 Å². The van der Waals surface area contributed by atoms with E-state index in [0.29, 0.717) is 17.4 Å². The molecule has 0 aromatic heterocycles. The Hall–Kier alpha value is -5.09. The van der Waals surface area contributed by atoms with Crippen molar-refractivity contribution in [2.24, 2.45) is 0 Å². The maximum atomic E-state index is 12.9. The van der Waals surface area contributed by atoms with Crippen LogP contribution in [0, 0.1) is 0 Å². The van der Waals surface area contributed by atoms with Crippen LogP contribution in [0.4, 0.5) is 0 Å². The van der Waals surface area contributed by atoms with Crippen molar-refractivity contribution < 1.29 is 42.9 Å². The van der Waals surface area contributed by atoms with Crippen LogP contribution >= 0.6 is 0 Å². The minimum atomic E-state index is -1.64. The lowest BCUT2D eigenvalue weighted by Gasteiger charge is -2.26. The van der Waals surface area contributed by atoms with E-state index in [1.165, 1.54) is 64.2 Å². The maximum Gasteiger partial charge on any atom is 0.306 e. The second-order valence-corrected chi connectivity index (χ2v) is 23.0. The Morgan fingerprint density at radius 1 is 0.365 bits per heavy atom. The molecule has 2 atom stereocenters. The van der Waals surface area contributed by atoms with Crippen LogP contribution in [0.2, 0.25) is 0 Å². The molecule has 0 fully saturated rings. The Bertz CT molecular complexity index is 1950. The number of ether oxygens (including phenoxy) is 4. The third-order valence-corrected chi connectivity index (χ3v) is 13.8. The molecule has 0 heterocycles. The average molecular weight is 1180 g/mol. The van der Waals surface area contributed by atoms with E-state index in [-0.39, 0.29) is 38.6 Å². The first-order chi connectivity index (χ1) is 41.6. The van der Waals surface area contributed by atoms with Gasteiger partial charge in [-0.3, -0.25) is 9.59 Å². The molecule has 85 heavy (non-hydrogen) atoms. The lowest BCUT2D eigenvalue weighted by atomic mass is 10.1. The molecule has 9 heteroatoms. The summed E-state index contributed by atoms with van der Waals surface area (Å²) in [6, 6.07) is 0. The first-order valence-corrected chi connectivity index (χ1v) is 33.6. The number of carboxylic acid groups (broad SMARTS) is 1. The number of nitrogens with zero attached hydrogens (tertiary/aromatic N) is 1. The van der Waals surface area contributed by atoms with Crippen molar-refractivity contribution in [2.45, 2.75) is 257 Å². The molecule has 480 valence electrons. The molecule has 0 aromatic rings. The summed E-state index contributed by atoms with van der Waals surface area (Å²) in [7, 11) is 5.91. The van der Waals surface area contributed by atoms with E-state index in [9.17, 15) is 19.5 Å². The van der Waals surface area contributed by atoms with E-state index < -0.39 is 24.3 Å². The van der Waals surface area contributed by atoms with Gasteiger partial charge in [0.25, 0.3) is 0 Å². The zero-order chi connectivity index (χ0) is 61.9. The molecule has 0 N–H and O–H groups in total. The Labute approximate surface area is 521 Å². The predicted molar refractivity (Wildman–Crippen MR) is 361 cm³/mol. The fourth-order valence-electron chi connectivity index (χ4n) is 8.63. The third-order valence-electron chi connectivity index (χ3n) is 13.8. The van der Waals surface area contributed by atoms with Crippen LogP contribution < -0.4 is 5.11 Å². The Morgan fingerprint density at radius 3 is 1.00 bits per heavy atom. The molecular weight excluding hydrogens is 1050 g/mol. The zero-order valence-electron chi connectivity index (χ0n) is 54.7. The lowest BCUT2D eigenvalue weighted by molar-refractivity contribution is -0.870. The fraction of sp³-hybridized carbons (Fsp3) is 0.618. The molecular formula is C76H123NO8. The van der Waals surface area contributed by atoms with Gasteiger partial charge in [0.15, 0.2) is 12.4 Å². The topological polar surface area (TPSA) is 111 Å². The second kappa shape index (κ2) is 64.9. The summed E-state index contributed by atoms with van der Waals surface area (Å²) < 4.78 is 22.7. The molecule has 0 aliphatic carbocycles. The number of carbonyl (C=O) groups excluding carboxylic acids is 3. The number of allylic oxidation sites excluding steroid dienone is 26. The number of carbonyl (C=O) groups is 3. The molecule has 0 saturated heterocycles. The summed E-state index contributed by atoms with van der Waals surface area (Å²) in [5.74, 6) is -2.33. The number of carboxylic acids is 1. The van der Waals surface area contributed by atoms with Crippen LogP contribution in [0.5, 0.6) is 0 Å². The Balaban J connectivity index is 4.26. The average Bonchev–Trinajstić information content (AvgIpc) is 3.48. The molecule has 0 aliphatic rings. The minimum absolute atomic E-state index is 0.135. The first-order valence-electron chi connectivity index (χ1n) is 33.6. The van der Waals surface area contributed by atoms with E-state index in [2.05, 4.69) is 172 Å². The van der Waals surface area contributed by atoms with Crippen LogP contribution in [0.15, 0.2) is 158 Å². The normalized spacial score (nSPS) is 13.8. The van der Waals surface area contributed by atoms with Crippen molar-refractivity contribution in [3.8, 4) is 0 Å². The second-order valence-electron chi connectivity index (χ2n) is 23.0. The van der Waals surface area contributed by atoms with Gasteiger partial charge in [0.2, 0.25) is 0 Å². The minimum Gasteiger partial charge on any atom is -0.545 e. The van der Waals surface area contributed by atoms with E-state index in [0.717, 1.165) is 148 Å². The first kappa shape index (κ1) is 79.9. The van der Waals surface area contributed by atoms with E-state index in [1.807, 2.05) is 21.1 Å². The molecule has 2 unspecified atom stereocenters. The largest absolute Gasteiger partial charge is 0.545 e. The van der Waals surface area contributed by atoms with Gasteiger partial charge in [-0.1, -0.05) is 262 Å². The standard InChI is InChI=1S/C76H123NO8/c1-6-8-10-12-14-16-18-20-22-24-26-28-30-31-32-33-34-35-36-37-38-39-40-41-42-43-45-47-49-51-53-55-57-59-61-63-65-67-74(79)85-72(71-84-76(75(80)81)82-69-68-77(3,4)5)70-83-73(78)66-64-62-60-58-56-54-52-50-48-46-44-29-27-25-23-21-19-17-15-13-11-9-7-2/h8,10,14,16,19-22,25-28,31-32,34-35,37-38,40-41,43-46,49,51,72,76H,6-7,9,11-13,15,17-18,23-24,29-30,33,36,39,42,47-48,50,52-71H2,1-5H3/b10-8-,16-14-,21-19-,22-20-,27-25-,28-26-,32-31-,35-34-,38-37-,41-40-,45-43-,46-44-,51-49-. The van der Waals surface area contributed by atoms with Gasteiger partial charge in [0, 0.05) is 12.8 Å². The number of rotatable bonds is 60. The van der Waals surface area contributed by atoms with Gasteiger partial charge in [-0.05, 0) is 128 Å². The number of hydrogen-bond acceptors (Lipinski definition) is 8. The lowest BCUT2D eigenvalue weighted by Crippen LogP contribution is -2.44. The summed E-state index contributed by atoms with van der Waals surface area (Å²) >= 11 is 0. The van der Waals surface area contributed by atoms with Crippen molar-refractivity contribution in [2.75, 3.05) is 47.5 Å². The van der Waals surface area contributed by atoms with Crippen LogP contribution in [-0.2, 0) is 33.3 Å². The van der Waals surface area contributed by atoms with E-state index in [1.54, 1.807) is 0 Å². The van der Waals surface area contributed by atoms with Crippen molar-refractivity contribution in [3.63, 3.8) is 0 Å². The number of likely N-dealkylation sites (N-methyl/N-ethyl adjacent to an activating group) is 1. The number of hydrogen-bond donors (Lipinski definition) is 0. The smallest absolute Gasteiger partial charge is 0.306 e. The summed E-state index contributed by atoms with van der Waals surface area (Å²) in [4.78, 5) is 37.4. The molecule has 0 spiro atoms. The van der Waals surface area contributed by atoms with E-state index in [4.69, 9.17) is 18.9 Å². The summed E-state index contributed by atoms with van der Waals surface area (Å²) in [5, 5.41) is 11.8. The highest BCUT2D eigenvalue weighted by molar-refractivity contribution is 5.70. The van der Waals surface area contributed by atoms with Crippen molar-refractivity contribution >= 4 is 17.9 Å². The zero-order valence-corrected chi connectivity index (χ0v) is 54.7. The van der Waals surface area contributed by atoms with Gasteiger partial charge in [0.1, 0.15) is 13.2 Å². The third kappa shape index (κ3) is 66.3. The van der Waals surface area contributed by atoms with Gasteiger partial charge in [0.05, 0.1) is 40.3 Å². The summed E-state index contributed by atoms with van der Waals surface area (Å²) in [6.07, 6.45) is 93.0. The Morgan fingerprint density at radius 2 is 0.671 bits per heavy atom. The van der Waals surface area contributed by atoms with Crippen LogP contribution in [0.3, 0.4) is 0 Å². The van der Waals surface area contributed by atoms with Crippen LogP contribution in [0.1, 0.15) is 245 Å². The molecule has 0 aliphatic heterocycles. The van der Waals surface area contributed by atoms with Gasteiger partial charge in [-0.15, -0.1) is 0 Å². The number of unbranched alkanes of at least 4 members (excludes halogenated alkanes) is 19. The predicted octanol–water partition coefficient (Wildman–Crippen LogP) is 19.6. The van der Waals surface area contributed by atoms with Gasteiger partial charge >= 0.3 is 11.9 Å². The molecule has 0 amide bonds. The fourth-order valence-corrected chi connectivity index (χ4v) is 8.63. The monoisotopic (exact) mass is 1180 g/mol. The summed E-state index contributed by atoms with van der Waals surface area (Å²) in [5.41, 5.74) is 0.